The van der Waals surface area contributed by atoms with Gasteiger partial charge in [0.2, 0.25) is 0 Å². The molecule has 27 heavy (non-hydrogen) atoms. The third-order valence-corrected chi connectivity index (χ3v) is 5.28. The van der Waals surface area contributed by atoms with E-state index in [4.69, 9.17) is 0 Å². The van der Waals surface area contributed by atoms with E-state index in [1.807, 2.05) is 30.3 Å². The van der Waals surface area contributed by atoms with Crippen LogP contribution < -0.4 is 0 Å². The molecule has 0 bridgehead atoms. The molecule has 1 aliphatic carbocycles. The molecule has 1 aromatic heterocycles. The van der Waals surface area contributed by atoms with Crippen molar-refractivity contribution in [3.63, 3.8) is 0 Å². The SMILES string of the molecule is O=C1/C(=C/c2cn(Cc3ccccc3)c3ccccc23)Cc2ccccc21. The van der Waals surface area contributed by atoms with E-state index in [1.54, 1.807) is 0 Å². The maximum absolute atomic E-state index is 12.8. The number of benzene rings is 3. The monoisotopic (exact) mass is 349 g/mol. The Morgan fingerprint density at radius 2 is 1.59 bits per heavy atom. The molecule has 0 saturated heterocycles. The van der Waals surface area contributed by atoms with Crippen LogP contribution in [0.3, 0.4) is 0 Å². The topological polar surface area (TPSA) is 22.0 Å². The molecule has 0 amide bonds. The fraction of sp³-hybridized carbons (Fsp3) is 0.0800. The fourth-order valence-electron chi connectivity index (χ4n) is 3.96. The van der Waals surface area contributed by atoms with Gasteiger partial charge >= 0.3 is 0 Å². The van der Waals surface area contributed by atoms with Crippen molar-refractivity contribution in [2.24, 2.45) is 0 Å². The van der Waals surface area contributed by atoms with Crippen molar-refractivity contribution in [2.45, 2.75) is 13.0 Å². The van der Waals surface area contributed by atoms with Crippen LogP contribution in [0.1, 0.15) is 27.0 Å². The molecule has 0 unspecified atom stereocenters. The zero-order valence-electron chi connectivity index (χ0n) is 14.9. The highest BCUT2D eigenvalue weighted by Gasteiger charge is 2.24. The third kappa shape index (κ3) is 2.80. The molecule has 0 aliphatic heterocycles. The molecule has 1 heterocycles. The average molecular weight is 349 g/mol. The molecule has 0 spiro atoms. The highest BCUT2D eigenvalue weighted by molar-refractivity contribution is 6.16. The zero-order valence-corrected chi connectivity index (χ0v) is 14.9. The summed E-state index contributed by atoms with van der Waals surface area (Å²) in [5, 5.41) is 1.18. The molecule has 5 rings (SSSR count). The first kappa shape index (κ1) is 15.8. The molecule has 3 aromatic carbocycles. The number of nitrogens with zero attached hydrogens (tertiary/aromatic N) is 1. The molecule has 2 nitrogen and oxygen atoms in total. The number of carbonyl (C=O) groups excluding carboxylic acids is 1. The van der Waals surface area contributed by atoms with Gasteiger partial charge in [0, 0.05) is 46.8 Å². The lowest BCUT2D eigenvalue weighted by Crippen LogP contribution is -1.97. The van der Waals surface area contributed by atoms with Crippen molar-refractivity contribution in [3.8, 4) is 0 Å². The number of ketones is 1. The van der Waals surface area contributed by atoms with Crippen molar-refractivity contribution >= 4 is 22.8 Å². The van der Waals surface area contributed by atoms with Crippen LogP contribution in [0.4, 0.5) is 0 Å². The Balaban J connectivity index is 1.58. The Morgan fingerprint density at radius 3 is 2.44 bits per heavy atom. The van der Waals surface area contributed by atoms with Crippen LogP contribution in [0.25, 0.3) is 17.0 Å². The van der Waals surface area contributed by atoms with E-state index in [-0.39, 0.29) is 5.78 Å². The lowest BCUT2D eigenvalue weighted by Gasteiger charge is -2.05. The Bertz CT molecular complexity index is 1180. The van der Waals surface area contributed by atoms with E-state index in [0.29, 0.717) is 6.42 Å². The number of carbonyl (C=O) groups is 1. The highest BCUT2D eigenvalue weighted by atomic mass is 16.1. The van der Waals surface area contributed by atoms with Gasteiger partial charge in [-0.25, -0.2) is 0 Å². The number of hydrogen-bond donors (Lipinski definition) is 0. The summed E-state index contributed by atoms with van der Waals surface area (Å²) in [6, 6.07) is 26.8. The van der Waals surface area contributed by atoms with E-state index in [0.717, 1.165) is 28.8 Å². The number of fused-ring (bicyclic) bond motifs is 2. The summed E-state index contributed by atoms with van der Waals surface area (Å²) < 4.78 is 2.27. The van der Waals surface area contributed by atoms with Gasteiger partial charge in [-0.05, 0) is 23.3 Å². The van der Waals surface area contributed by atoms with E-state index in [2.05, 4.69) is 65.4 Å². The molecule has 0 fully saturated rings. The normalized spacial score (nSPS) is 14.8. The number of aromatic nitrogens is 1. The second-order valence-electron chi connectivity index (χ2n) is 7.05. The molecule has 1 aliphatic rings. The first-order valence-electron chi connectivity index (χ1n) is 9.24. The molecule has 0 N–H and O–H groups in total. The first-order chi connectivity index (χ1) is 13.3. The van der Waals surface area contributed by atoms with Crippen LogP contribution in [0, 0.1) is 0 Å². The Hall–Kier alpha value is -3.39. The lowest BCUT2D eigenvalue weighted by atomic mass is 10.1. The average Bonchev–Trinajstić information content (AvgIpc) is 3.21. The van der Waals surface area contributed by atoms with Crippen LogP contribution in [0.5, 0.6) is 0 Å². The van der Waals surface area contributed by atoms with Crippen LogP contribution in [0.15, 0.2) is 90.6 Å². The maximum Gasteiger partial charge on any atom is 0.189 e. The molecular weight excluding hydrogens is 330 g/mol. The van der Waals surface area contributed by atoms with Crippen LogP contribution >= 0.6 is 0 Å². The highest BCUT2D eigenvalue weighted by Crippen LogP contribution is 2.30. The molecule has 4 aromatic rings. The quantitative estimate of drug-likeness (QED) is 0.447. The second-order valence-corrected chi connectivity index (χ2v) is 7.05. The van der Waals surface area contributed by atoms with Crippen LogP contribution in [-0.2, 0) is 13.0 Å². The fourth-order valence-corrected chi connectivity index (χ4v) is 3.96. The van der Waals surface area contributed by atoms with Crippen molar-refractivity contribution in [2.75, 3.05) is 0 Å². The molecule has 2 heteroatoms. The van der Waals surface area contributed by atoms with Gasteiger partial charge in [0.25, 0.3) is 0 Å². The Morgan fingerprint density at radius 1 is 0.852 bits per heavy atom. The summed E-state index contributed by atoms with van der Waals surface area (Å²) in [6.07, 6.45) is 4.96. The second kappa shape index (κ2) is 6.40. The molecule has 0 saturated carbocycles. The summed E-state index contributed by atoms with van der Waals surface area (Å²) in [4.78, 5) is 12.8. The van der Waals surface area contributed by atoms with Crippen LogP contribution in [-0.4, -0.2) is 10.4 Å². The summed E-state index contributed by atoms with van der Waals surface area (Å²) in [7, 11) is 0. The van der Waals surface area contributed by atoms with Gasteiger partial charge in [-0.15, -0.1) is 0 Å². The summed E-state index contributed by atoms with van der Waals surface area (Å²) >= 11 is 0. The van der Waals surface area contributed by atoms with Gasteiger partial charge < -0.3 is 4.57 Å². The third-order valence-electron chi connectivity index (χ3n) is 5.28. The number of rotatable bonds is 3. The first-order valence-corrected chi connectivity index (χ1v) is 9.24. The van der Waals surface area contributed by atoms with E-state index in [9.17, 15) is 4.79 Å². The largest absolute Gasteiger partial charge is 0.342 e. The maximum atomic E-state index is 12.8. The van der Waals surface area contributed by atoms with Crippen molar-refractivity contribution < 1.29 is 4.79 Å². The number of Topliss-reactive ketones (excluding diaryl/α,β-unsaturated/α-hetero) is 1. The zero-order chi connectivity index (χ0) is 18.2. The Labute approximate surface area is 158 Å². The minimum atomic E-state index is 0.158. The van der Waals surface area contributed by atoms with E-state index >= 15 is 0 Å². The van der Waals surface area contributed by atoms with Gasteiger partial charge in [0.05, 0.1) is 0 Å². The molecular formula is C25H19NO. The van der Waals surface area contributed by atoms with Gasteiger partial charge in [-0.1, -0.05) is 72.8 Å². The number of allylic oxidation sites excluding steroid dienone is 1. The number of hydrogen-bond acceptors (Lipinski definition) is 1. The minimum absolute atomic E-state index is 0.158. The summed E-state index contributed by atoms with van der Waals surface area (Å²) in [5.74, 6) is 0.158. The Kier molecular flexibility index (Phi) is 3.75. The standard InChI is InChI=1S/C25H19NO/c27-25-20(14-19-10-4-5-12-23(19)25)15-21-17-26(16-18-8-2-1-3-9-18)24-13-7-6-11-22(21)24/h1-13,15,17H,14,16H2/b20-15+. The predicted octanol–water partition coefficient (Wildman–Crippen LogP) is 5.51. The van der Waals surface area contributed by atoms with E-state index < -0.39 is 0 Å². The molecule has 0 radical (unpaired) electrons. The predicted molar refractivity (Wildman–Crippen MR) is 110 cm³/mol. The summed E-state index contributed by atoms with van der Waals surface area (Å²) in [6.45, 7) is 0.818. The lowest BCUT2D eigenvalue weighted by molar-refractivity contribution is 0.104. The van der Waals surface area contributed by atoms with Gasteiger partial charge in [-0.3, -0.25) is 4.79 Å². The minimum Gasteiger partial charge on any atom is -0.342 e. The van der Waals surface area contributed by atoms with Gasteiger partial charge in [0.1, 0.15) is 0 Å². The van der Waals surface area contributed by atoms with E-state index in [1.165, 1.54) is 16.5 Å². The van der Waals surface area contributed by atoms with Crippen molar-refractivity contribution in [1.82, 2.24) is 4.57 Å². The van der Waals surface area contributed by atoms with Crippen molar-refractivity contribution in [1.29, 1.82) is 0 Å². The number of para-hydroxylation sites is 1. The van der Waals surface area contributed by atoms with Gasteiger partial charge in [0.15, 0.2) is 5.78 Å². The smallest absolute Gasteiger partial charge is 0.189 e. The van der Waals surface area contributed by atoms with Crippen LogP contribution in [0.2, 0.25) is 0 Å². The van der Waals surface area contributed by atoms with Crippen molar-refractivity contribution in [3.05, 3.63) is 113 Å². The molecule has 0 atom stereocenters. The van der Waals surface area contributed by atoms with Gasteiger partial charge in [-0.2, -0.15) is 0 Å². The summed E-state index contributed by atoms with van der Waals surface area (Å²) in [5.41, 5.74) is 6.41. The molecule has 130 valence electrons.